The minimum Gasteiger partial charge on any atom is -0.489 e. The topological polar surface area (TPSA) is 30.9 Å². The predicted octanol–water partition coefficient (Wildman–Crippen LogP) is 3.61. The number of anilines is 1. The van der Waals surface area contributed by atoms with Crippen LogP contribution < -0.4 is 9.64 Å². The quantitative estimate of drug-likeness (QED) is 0.859. The van der Waals surface area contributed by atoms with Crippen molar-refractivity contribution in [3.63, 3.8) is 0 Å². The number of ether oxygens (including phenoxy) is 3. The van der Waals surface area contributed by atoms with Crippen LogP contribution in [0.3, 0.4) is 0 Å². The molecule has 126 valence electrons. The molecule has 0 aliphatic carbocycles. The molecule has 0 amide bonds. The van der Waals surface area contributed by atoms with Crippen molar-refractivity contribution in [1.29, 1.82) is 0 Å². The van der Waals surface area contributed by atoms with Gasteiger partial charge < -0.3 is 19.1 Å². The van der Waals surface area contributed by atoms with Crippen LogP contribution in [0.15, 0.2) is 54.6 Å². The lowest BCUT2D eigenvalue weighted by molar-refractivity contribution is -0.169. The van der Waals surface area contributed by atoms with E-state index in [0.29, 0.717) is 6.61 Å². The van der Waals surface area contributed by atoms with Crippen LogP contribution in [-0.2, 0) is 16.1 Å². The van der Waals surface area contributed by atoms with E-state index in [0.717, 1.165) is 44.9 Å². The van der Waals surface area contributed by atoms with E-state index < -0.39 is 0 Å². The molecule has 0 atom stereocenters. The summed E-state index contributed by atoms with van der Waals surface area (Å²) in [6.07, 6.45) is 1.86. The summed E-state index contributed by atoms with van der Waals surface area (Å²) < 4.78 is 17.4. The third kappa shape index (κ3) is 3.40. The highest BCUT2D eigenvalue weighted by molar-refractivity contribution is 5.49. The number of benzene rings is 2. The van der Waals surface area contributed by atoms with Crippen LogP contribution in [0.2, 0.25) is 0 Å². The first-order valence-electron chi connectivity index (χ1n) is 8.63. The van der Waals surface area contributed by atoms with E-state index in [9.17, 15) is 0 Å². The van der Waals surface area contributed by atoms with Gasteiger partial charge in [0.15, 0.2) is 5.79 Å². The monoisotopic (exact) mass is 325 g/mol. The van der Waals surface area contributed by atoms with E-state index in [1.807, 2.05) is 30.3 Å². The van der Waals surface area contributed by atoms with Crippen molar-refractivity contribution in [3.05, 3.63) is 60.2 Å². The maximum atomic E-state index is 5.85. The molecular formula is C20H23NO3. The molecule has 0 aromatic heterocycles. The van der Waals surface area contributed by atoms with E-state index in [1.165, 1.54) is 11.3 Å². The summed E-state index contributed by atoms with van der Waals surface area (Å²) in [5.74, 6) is 0.591. The SMILES string of the molecule is c1ccc(COc2ccc(N3CCC4(CC3)OCCO4)cc2)cc1. The van der Waals surface area contributed by atoms with E-state index in [4.69, 9.17) is 14.2 Å². The van der Waals surface area contributed by atoms with Gasteiger partial charge in [-0.2, -0.15) is 0 Å². The number of hydrogen-bond acceptors (Lipinski definition) is 4. The molecule has 2 aliphatic rings. The Bertz CT molecular complexity index is 640. The van der Waals surface area contributed by atoms with Crippen molar-refractivity contribution < 1.29 is 14.2 Å². The summed E-state index contributed by atoms with van der Waals surface area (Å²) in [5, 5.41) is 0. The van der Waals surface area contributed by atoms with Gasteiger partial charge in [0.25, 0.3) is 0 Å². The van der Waals surface area contributed by atoms with Gasteiger partial charge in [0.1, 0.15) is 12.4 Å². The zero-order valence-electron chi connectivity index (χ0n) is 13.8. The van der Waals surface area contributed by atoms with Crippen molar-refractivity contribution in [1.82, 2.24) is 0 Å². The fraction of sp³-hybridized carbons (Fsp3) is 0.400. The first-order chi connectivity index (χ1) is 11.8. The van der Waals surface area contributed by atoms with E-state index >= 15 is 0 Å². The van der Waals surface area contributed by atoms with E-state index in [1.54, 1.807) is 0 Å². The smallest absolute Gasteiger partial charge is 0.171 e. The van der Waals surface area contributed by atoms with Crippen LogP contribution >= 0.6 is 0 Å². The predicted molar refractivity (Wildman–Crippen MR) is 93.3 cm³/mol. The summed E-state index contributed by atoms with van der Waals surface area (Å²) in [6, 6.07) is 18.6. The third-order valence-corrected chi connectivity index (χ3v) is 4.79. The molecule has 2 aliphatic heterocycles. The summed E-state index contributed by atoms with van der Waals surface area (Å²) in [7, 11) is 0. The van der Waals surface area contributed by atoms with Gasteiger partial charge in [-0.1, -0.05) is 30.3 Å². The second-order valence-corrected chi connectivity index (χ2v) is 6.36. The van der Waals surface area contributed by atoms with Crippen LogP contribution in [-0.4, -0.2) is 32.1 Å². The highest BCUT2D eigenvalue weighted by atomic mass is 16.7. The Balaban J connectivity index is 1.32. The molecule has 2 saturated heterocycles. The molecule has 4 nitrogen and oxygen atoms in total. The fourth-order valence-corrected chi connectivity index (χ4v) is 3.39. The Labute approximate surface area is 142 Å². The van der Waals surface area contributed by atoms with Crippen LogP contribution in [0, 0.1) is 0 Å². The maximum Gasteiger partial charge on any atom is 0.171 e. The van der Waals surface area contributed by atoms with Gasteiger partial charge in [-0.3, -0.25) is 0 Å². The Kier molecular flexibility index (Phi) is 4.41. The van der Waals surface area contributed by atoms with Gasteiger partial charge in [-0.15, -0.1) is 0 Å². The number of rotatable bonds is 4. The lowest BCUT2D eigenvalue weighted by atomic mass is 10.0. The molecule has 0 saturated carbocycles. The van der Waals surface area contributed by atoms with Gasteiger partial charge in [-0.25, -0.2) is 0 Å². The highest BCUT2D eigenvalue weighted by Crippen LogP contribution is 2.33. The maximum absolute atomic E-state index is 5.85. The molecule has 0 radical (unpaired) electrons. The van der Waals surface area contributed by atoms with Crippen LogP contribution in [0.4, 0.5) is 5.69 Å². The van der Waals surface area contributed by atoms with Crippen molar-refractivity contribution in [2.24, 2.45) is 0 Å². The molecule has 24 heavy (non-hydrogen) atoms. The molecule has 0 bridgehead atoms. The molecule has 0 N–H and O–H groups in total. The highest BCUT2D eigenvalue weighted by Gasteiger charge is 2.39. The van der Waals surface area contributed by atoms with Crippen LogP contribution in [0.5, 0.6) is 5.75 Å². The Hall–Kier alpha value is -2.04. The summed E-state index contributed by atoms with van der Waals surface area (Å²) in [6.45, 7) is 3.98. The molecule has 2 aromatic carbocycles. The first kappa shape index (κ1) is 15.5. The third-order valence-electron chi connectivity index (χ3n) is 4.79. The number of piperidine rings is 1. The lowest BCUT2D eigenvalue weighted by Crippen LogP contribution is -2.45. The number of nitrogens with zero attached hydrogens (tertiary/aromatic N) is 1. The zero-order chi connectivity index (χ0) is 16.2. The summed E-state index contributed by atoms with van der Waals surface area (Å²) in [5.41, 5.74) is 2.41. The van der Waals surface area contributed by atoms with Crippen molar-refractivity contribution in [3.8, 4) is 5.75 Å². The van der Waals surface area contributed by atoms with Crippen molar-refractivity contribution in [2.45, 2.75) is 25.2 Å². The minimum absolute atomic E-state index is 0.310. The van der Waals surface area contributed by atoms with Crippen LogP contribution in [0.25, 0.3) is 0 Å². The summed E-state index contributed by atoms with van der Waals surface area (Å²) in [4.78, 5) is 2.39. The second-order valence-electron chi connectivity index (χ2n) is 6.36. The lowest BCUT2D eigenvalue weighted by Gasteiger charge is -2.38. The zero-order valence-corrected chi connectivity index (χ0v) is 13.8. The Morgan fingerprint density at radius 3 is 2.21 bits per heavy atom. The standard InChI is InChI=1S/C20H23NO3/c1-2-4-17(5-3-1)16-22-19-8-6-18(7-9-19)21-12-10-20(11-13-21)23-14-15-24-20/h1-9H,10-16H2. The Morgan fingerprint density at radius 1 is 0.875 bits per heavy atom. The van der Waals surface area contributed by atoms with Gasteiger partial charge >= 0.3 is 0 Å². The fourth-order valence-electron chi connectivity index (χ4n) is 3.39. The normalized spacial score (nSPS) is 19.6. The molecular weight excluding hydrogens is 302 g/mol. The molecule has 2 fully saturated rings. The van der Waals surface area contributed by atoms with Gasteiger partial charge in [0, 0.05) is 31.6 Å². The molecule has 4 rings (SSSR count). The average Bonchev–Trinajstić information content (AvgIpc) is 3.10. The summed E-state index contributed by atoms with van der Waals surface area (Å²) >= 11 is 0. The second kappa shape index (κ2) is 6.83. The molecule has 2 heterocycles. The molecule has 1 spiro atoms. The van der Waals surface area contributed by atoms with E-state index in [2.05, 4.69) is 29.2 Å². The first-order valence-corrected chi connectivity index (χ1v) is 8.63. The molecule has 2 aromatic rings. The molecule has 0 unspecified atom stereocenters. The average molecular weight is 325 g/mol. The van der Waals surface area contributed by atoms with E-state index in [-0.39, 0.29) is 5.79 Å². The van der Waals surface area contributed by atoms with Gasteiger partial charge in [-0.05, 0) is 29.8 Å². The van der Waals surface area contributed by atoms with Gasteiger partial charge in [0.2, 0.25) is 0 Å². The Morgan fingerprint density at radius 2 is 1.54 bits per heavy atom. The van der Waals surface area contributed by atoms with Crippen LogP contribution in [0.1, 0.15) is 18.4 Å². The molecule has 4 heteroatoms. The van der Waals surface area contributed by atoms with Crippen molar-refractivity contribution in [2.75, 3.05) is 31.2 Å². The largest absolute Gasteiger partial charge is 0.489 e. The van der Waals surface area contributed by atoms with Gasteiger partial charge in [0.05, 0.1) is 13.2 Å². The minimum atomic E-state index is -0.310. The number of hydrogen-bond donors (Lipinski definition) is 0. The van der Waals surface area contributed by atoms with Crippen molar-refractivity contribution >= 4 is 5.69 Å².